The Hall–Kier alpha value is -1.39. The van der Waals surface area contributed by atoms with Crippen molar-refractivity contribution < 1.29 is 4.79 Å². The monoisotopic (exact) mass is 317 g/mol. The summed E-state index contributed by atoms with van der Waals surface area (Å²) in [4.78, 5) is 14.5. The molecule has 0 radical (unpaired) electrons. The number of rotatable bonds is 7. The van der Waals surface area contributed by atoms with E-state index in [-0.39, 0.29) is 18.0 Å². The summed E-state index contributed by atoms with van der Waals surface area (Å²) >= 11 is 0. The van der Waals surface area contributed by atoms with Crippen molar-refractivity contribution in [1.29, 1.82) is 0 Å². The second-order valence-electron chi connectivity index (χ2n) is 7.06. The zero-order chi connectivity index (χ0) is 16.7. The molecular weight excluding hydrogens is 286 g/mol. The molecule has 1 aliphatic carbocycles. The normalized spacial score (nSPS) is 22.8. The Balaban J connectivity index is 1.70. The maximum Gasteiger partial charge on any atom is 0.220 e. The van der Waals surface area contributed by atoms with Crippen molar-refractivity contribution in [3.05, 3.63) is 35.9 Å². The summed E-state index contributed by atoms with van der Waals surface area (Å²) in [7, 11) is 2.09. The molecule has 4 heteroatoms. The van der Waals surface area contributed by atoms with E-state index in [4.69, 9.17) is 5.73 Å². The fraction of sp³-hybridized carbons (Fsp3) is 0.632. The minimum Gasteiger partial charge on any atom is -0.352 e. The van der Waals surface area contributed by atoms with Crippen molar-refractivity contribution in [2.75, 3.05) is 13.6 Å². The summed E-state index contributed by atoms with van der Waals surface area (Å²) in [5.74, 6) is 0.506. The van der Waals surface area contributed by atoms with E-state index in [1.807, 2.05) is 6.07 Å². The largest absolute Gasteiger partial charge is 0.352 e. The number of hydrogen-bond donors (Lipinski definition) is 2. The predicted molar refractivity (Wildman–Crippen MR) is 94.9 cm³/mol. The number of benzene rings is 1. The summed E-state index contributed by atoms with van der Waals surface area (Å²) in [6.45, 7) is 3.81. The van der Waals surface area contributed by atoms with Crippen molar-refractivity contribution in [3.8, 4) is 0 Å². The quantitative estimate of drug-likeness (QED) is 0.812. The zero-order valence-corrected chi connectivity index (χ0v) is 14.5. The predicted octanol–water partition coefficient (Wildman–Crippen LogP) is 2.53. The van der Waals surface area contributed by atoms with Gasteiger partial charge in [0.25, 0.3) is 0 Å². The van der Waals surface area contributed by atoms with E-state index in [0.717, 1.165) is 25.9 Å². The Kier molecular flexibility index (Phi) is 7.06. The van der Waals surface area contributed by atoms with Crippen LogP contribution in [0.4, 0.5) is 0 Å². The number of nitrogens with one attached hydrogen (secondary N) is 1. The van der Waals surface area contributed by atoms with Gasteiger partial charge in [-0.1, -0.05) is 43.2 Å². The molecule has 0 spiro atoms. The first-order valence-electron chi connectivity index (χ1n) is 8.82. The third-order valence-corrected chi connectivity index (χ3v) is 4.70. The minimum absolute atomic E-state index is 0.146. The van der Waals surface area contributed by atoms with E-state index in [1.54, 1.807) is 0 Å². The van der Waals surface area contributed by atoms with E-state index in [9.17, 15) is 4.79 Å². The third kappa shape index (κ3) is 6.32. The van der Waals surface area contributed by atoms with Gasteiger partial charge < -0.3 is 16.0 Å². The van der Waals surface area contributed by atoms with Crippen molar-refractivity contribution in [2.45, 2.75) is 57.7 Å². The van der Waals surface area contributed by atoms with Gasteiger partial charge in [0, 0.05) is 31.6 Å². The maximum atomic E-state index is 12.2. The van der Waals surface area contributed by atoms with E-state index in [0.29, 0.717) is 12.3 Å². The smallest absolute Gasteiger partial charge is 0.220 e. The minimum atomic E-state index is 0.146. The lowest BCUT2D eigenvalue weighted by molar-refractivity contribution is -0.123. The van der Waals surface area contributed by atoms with E-state index in [2.05, 4.69) is 48.5 Å². The summed E-state index contributed by atoms with van der Waals surface area (Å²) in [6, 6.07) is 10.8. The van der Waals surface area contributed by atoms with Crippen LogP contribution in [0.1, 0.15) is 44.6 Å². The van der Waals surface area contributed by atoms with E-state index < -0.39 is 0 Å². The first kappa shape index (κ1) is 18.0. The Labute approximate surface area is 140 Å². The van der Waals surface area contributed by atoms with Gasteiger partial charge in [-0.15, -0.1) is 0 Å². The molecule has 0 saturated heterocycles. The molecule has 3 unspecified atom stereocenters. The molecule has 1 aromatic rings. The summed E-state index contributed by atoms with van der Waals surface area (Å²) in [6.07, 6.45) is 5.15. The molecule has 1 saturated carbocycles. The first-order valence-corrected chi connectivity index (χ1v) is 8.82. The Bertz CT molecular complexity index is 477. The van der Waals surface area contributed by atoms with Crippen LogP contribution in [0.3, 0.4) is 0 Å². The molecule has 3 N–H and O–H groups in total. The molecule has 4 nitrogen and oxygen atoms in total. The number of carbonyl (C=O) groups excluding carboxylic acids is 1. The van der Waals surface area contributed by atoms with Crippen LogP contribution in [0.25, 0.3) is 0 Å². The van der Waals surface area contributed by atoms with Gasteiger partial charge in [0.2, 0.25) is 5.91 Å². The lowest BCUT2D eigenvalue weighted by Gasteiger charge is -2.29. The standard InChI is InChI=1S/C19H31N3O/c1-15(13-22(2)14-16-8-4-3-5-9-16)21-19(23)12-17-10-6-7-11-18(17)20/h3-5,8-9,15,17-18H,6-7,10-14,20H2,1-2H3,(H,21,23). The van der Waals surface area contributed by atoms with E-state index >= 15 is 0 Å². The molecule has 0 bridgehead atoms. The highest BCUT2D eigenvalue weighted by atomic mass is 16.1. The van der Waals surface area contributed by atoms with Crippen LogP contribution < -0.4 is 11.1 Å². The topological polar surface area (TPSA) is 58.4 Å². The average Bonchev–Trinajstić information content (AvgIpc) is 2.50. The van der Waals surface area contributed by atoms with Crippen molar-refractivity contribution >= 4 is 5.91 Å². The fourth-order valence-corrected chi connectivity index (χ4v) is 3.53. The van der Waals surface area contributed by atoms with Crippen molar-refractivity contribution in [2.24, 2.45) is 11.7 Å². The molecule has 0 aliphatic heterocycles. The molecule has 23 heavy (non-hydrogen) atoms. The van der Waals surface area contributed by atoms with Crippen LogP contribution in [-0.4, -0.2) is 36.5 Å². The Morgan fingerprint density at radius 1 is 1.30 bits per heavy atom. The van der Waals surface area contributed by atoms with Crippen LogP contribution >= 0.6 is 0 Å². The second-order valence-corrected chi connectivity index (χ2v) is 7.06. The number of hydrogen-bond acceptors (Lipinski definition) is 3. The lowest BCUT2D eigenvalue weighted by Crippen LogP contribution is -2.43. The molecule has 1 fully saturated rings. The van der Waals surface area contributed by atoms with Gasteiger partial charge in [-0.05, 0) is 38.3 Å². The van der Waals surface area contributed by atoms with Gasteiger partial charge >= 0.3 is 0 Å². The molecule has 1 aliphatic rings. The molecular formula is C19H31N3O. The van der Waals surface area contributed by atoms with Gasteiger partial charge in [-0.3, -0.25) is 4.79 Å². The van der Waals surface area contributed by atoms with Crippen LogP contribution in [0.5, 0.6) is 0 Å². The van der Waals surface area contributed by atoms with Crippen molar-refractivity contribution in [1.82, 2.24) is 10.2 Å². The maximum absolute atomic E-state index is 12.2. The Morgan fingerprint density at radius 2 is 2.00 bits per heavy atom. The molecule has 2 rings (SSSR count). The SMILES string of the molecule is CC(CN(C)Cc1ccccc1)NC(=O)CC1CCCCC1N. The van der Waals surface area contributed by atoms with Crippen molar-refractivity contribution in [3.63, 3.8) is 0 Å². The highest BCUT2D eigenvalue weighted by Gasteiger charge is 2.24. The van der Waals surface area contributed by atoms with Gasteiger partial charge in [0.15, 0.2) is 0 Å². The molecule has 0 heterocycles. The van der Waals surface area contributed by atoms with Gasteiger partial charge in [0.05, 0.1) is 0 Å². The molecule has 128 valence electrons. The van der Waals surface area contributed by atoms with Crippen LogP contribution in [0.15, 0.2) is 30.3 Å². The summed E-state index contributed by atoms with van der Waals surface area (Å²) in [5.41, 5.74) is 7.43. The summed E-state index contributed by atoms with van der Waals surface area (Å²) in [5, 5.41) is 3.13. The lowest BCUT2D eigenvalue weighted by atomic mass is 9.83. The fourth-order valence-electron chi connectivity index (χ4n) is 3.53. The van der Waals surface area contributed by atoms with E-state index in [1.165, 1.54) is 18.4 Å². The molecule has 3 atom stereocenters. The summed E-state index contributed by atoms with van der Waals surface area (Å²) < 4.78 is 0. The molecule has 1 amide bonds. The highest BCUT2D eigenvalue weighted by molar-refractivity contribution is 5.76. The number of nitrogens with two attached hydrogens (primary N) is 1. The Morgan fingerprint density at radius 3 is 2.70 bits per heavy atom. The van der Waals surface area contributed by atoms with Crippen LogP contribution in [-0.2, 0) is 11.3 Å². The third-order valence-electron chi connectivity index (χ3n) is 4.70. The number of likely N-dealkylation sites (N-methyl/N-ethyl adjacent to an activating group) is 1. The first-order chi connectivity index (χ1) is 11.0. The highest BCUT2D eigenvalue weighted by Crippen LogP contribution is 2.25. The zero-order valence-electron chi connectivity index (χ0n) is 14.5. The van der Waals surface area contributed by atoms with Crippen LogP contribution in [0, 0.1) is 5.92 Å². The molecule has 1 aromatic carbocycles. The van der Waals surface area contributed by atoms with Gasteiger partial charge in [0.1, 0.15) is 0 Å². The van der Waals surface area contributed by atoms with Gasteiger partial charge in [-0.25, -0.2) is 0 Å². The number of amides is 1. The average molecular weight is 317 g/mol. The molecule has 0 aromatic heterocycles. The van der Waals surface area contributed by atoms with Crippen LogP contribution in [0.2, 0.25) is 0 Å². The number of carbonyl (C=O) groups is 1. The second kappa shape index (κ2) is 9.04. The number of nitrogens with zero attached hydrogens (tertiary/aromatic N) is 1. The van der Waals surface area contributed by atoms with Gasteiger partial charge in [-0.2, -0.15) is 0 Å².